The van der Waals surface area contributed by atoms with Crippen molar-refractivity contribution < 1.29 is 4.74 Å². The molecule has 0 saturated carbocycles. The largest absolute Gasteiger partial charge is 0.456 e. The normalized spacial score (nSPS) is 16.8. The fourth-order valence-electron chi connectivity index (χ4n) is 3.00. The second-order valence-electron chi connectivity index (χ2n) is 6.38. The Morgan fingerprint density at radius 2 is 1.79 bits per heavy atom. The van der Waals surface area contributed by atoms with Gasteiger partial charge < -0.3 is 15.0 Å². The fraction of sp³-hybridized carbons (Fsp3) is 0.400. The molecule has 2 aromatic rings. The highest BCUT2D eigenvalue weighted by Gasteiger charge is 2.12. The van der Waals surface area contributed by atoms with Crippen molar-refractivity contribution in [2.24, 2.45) is 0 Å². The second kappa shape index (κ2) is 8.65. The number of piperazine rings is 1. The zero-order chi connectivity index (χ0) is 16.8. The average molecular weight is 389 g/mol. The molecule has 0 spiro atoms. The molecule has 1 aliphatic heterocycles. The highest BCUT2D eigenvalue weighted by molar-refractivity contribution is 9.10. The minimum atomic E-state index is 0.567. The van der Waals surface area contributed by atoms with Gasteiger partial charge in [-0.2, -0.15) is 0 Å². The molecule has 3 rings (SSSR count). The smallest absolute Gasteiger partial charge is 0.141 e. The van der Waals surface area contributed by atoms with Crippen LogP contribution in [0.5, 0.6) is 11.5 Å². The maximum atomic E-state index is 5.94. The third kappa shape index (κ3) is 4.82. The SMILES string of the molecule is CC(CCN1CCNCC1)c1ccc(Oc2ccccc2Br)cc1. The first-order valence-corrected chi connectivity index (χ1v) is 9.47. The summed E-state index contributed by atoms with van der Waals surface area (Å²) in [7, 11) is 0. The first kappa shape index (κ1) is 17.5. The van der Waals surface area contributed by atoms with Crippen LogP contribution in [0.1, 0.15) is 24.8 Å². The Kier molecular flexibility index (Phi) is 6.30. The topological polar surface area (TPSA) is 24.5 Å². The predicted octanol–water partition coefficient (Wildman–Crippen LogP) is 4.64. The van der Waals surface area contributed by atoms with Gasteiger partial charge in [0.1, 0.15) is 11.5 Å². The van der Waals surface area contributed by atoms with Crippen LogP contribution >= 0.6 is 15.9 Å². The zero-order valence-electron chi connectivity index (χ0n) is 14.2. The minimum Gasteiger partial charge on any atom is -0.456 e. The molecule has 2 aromatic carbocycles. The molecular formula is C20H25BrN2O. The number of nitrogens with one attached hydrogen (secondary N) is 1. The third-order valence-corrected chi connectivity index (χ3v) is 5.26. The van der Waals surface area contributed by atoms with E-state index in [9.17, 15) is 0 Å². The van der Waals surface area contributed by atoms with Crippen LogP contribution < -0.4 is 10.1 Å². The molecule has 128 valence electrons. The van der Waals surface area contributed by atoms with Crippen LogP contribution in [-0.2, 0) is 0 Å². The molecule has 0 radical (unpaired) electrons. The standard InChI is InChI=1S/C20H25BrN2O/c1-16(10-13-23-14-11-22-12-15-23)17-6-8-18(9-7-17)24-20-5-3-2-4-19(20)21/h2-9,16,22H,10-15H2,1H3. The van der Waals surface area contributed by atoms with E-state index >= 15 is 0 Å². The van der Waals surface area contributed by atoms with Crippen molar-refractivity contribution in [3.8, 4) is 11.5 Å². The van der Waals surface area contributed by atoms with Crippen LogP contribution in [0.4, 0.5) is 0 Å². The maximum Gasteiger partial charge on any atom is 0.141 e. The summed E-state index contributed by atoms with van der Waals surface area (Å²) in [5.41, 5.74) is 1.38. The molecule has 0 aromatic heterocycles. The van der Waals surface area contributed by atoms with Crippen molar-refractivity contribution in [1.82, 2.24) is 10.2 Å². The lowest BCUT2D eigenvalue weighted by atomic mass is 9.97. The number of hydrogen-bond acceptors (Lipinski definition) is 3. The first-order valence-electron chi connectivity index (χ1n) is 8.68. The Bertz CT molecular complexity index is 638. The molecule has 1 aliphatic rings. The van der Waals surface area contributed by atoms with E-state index in [1.54, 1.807) is 0 Å². The van der Waals surface area contributed by atoms with E-state index in [0.29, 0.717) is 5.92 Å². The van der Waals surface area contributed by atoms with Gasteiger partial charge in [0.15, 0.2) is 0 Å². The van der Waals surface area contributed by atoms with E-state index in [4.69, 9.17) is 4.74 Å². The molecule has 1 fully saturated rings. The van der Waals surface area contributed by atoms with Gasteiger partial charge in [-0.3, -0.25) is 0 Å². The number of benzene rings is 2. The van der Waals surface area contributed by atoms with Crippen molar-refractivity contribution in [1.29, 1.82) is 0 Å². The molecular weight excluding hydrogens is 364 g/mol. The van der Waals surface area contributed by atoms with Crippen molar-refractivity contribution >= 4 is 15.9 Å². The molecule has 24 heavy (non-hydrogen) atoms. The number of hydrogen-bond donors (Lipinski definition) is 1. The summed E-state index contributed by atoms with van der Waals surface area (Å²) in [6.07, 6.45) is 1.20. The number of ether oxygens (including phenoxy) is 1. The molecule has 0 aliphatic carbocycles. The molecule has 1 unspecified atom stereocenters. The molecule has 3 nitrogen and oxygen atoms in total. The summed E-state index contributed by atoms with van der Waals surface area (Å²) >= 11 is 3.52. The quantitative estimate of drug-likeness (QED) is 0.779. The molecule has 0 amide bonds. The van der Waals surface area contributed by atoms with Gasteiger partial charge in [-0.25, -0.2) is 0 Å². The van der Waals surface area contributed by atoms with Gasteiger partial charge in [0, 0.05) is 26.2 Å². The van der Waals surface area contributed by atoms with Crippen LogP contribution in [0.3, 0.4) is 0 Å². The highest BCUT2D eigenvalue weighted by atomic mass is 79.9. The highest BCUT2D eigenvalue weighted by Crippen LogP contribution is 2.30. The summed E-state index contributed by atoms with van der Waals surface area (Å²) in [5, 5.41) is 3.41. The van der Waals surface area contributed by atoms with Gasteiger partial charge in [0.05, 0.1) is 4.47 Å². The second-order valence-corrected chi connectivity index (χ2v) is 7.24. The van der Waals surface area contributed by atoms with Gasteiger partial charge in [-0.05, 0) is 64.6 Å². The molecule has 0 bridgehead atoms. The Labute approximate surface area is 153 Å². The van der Waals surface area contributed by atoms with Crippen molar-refractivity contribution in [3.05, 3.63) is 58.6 Å². The van der Waals surface area contributed by atoms with Crippen LogP contribution in [0, 0.1) is 0 Å². The zero-order valence-corrected chi connectivity index (χ0v) is 15.8. The van der Waals surface area contributed by atoms with Gasteiger partial charge in [-0.15, -0.1) is 0 Å². The predicted molar refractivity (Wildman–Crippen MR) is 103 cm³/mol. The van der Waals surface area contributed by atoms with Crippen LogP contribution in [-0.4, -0.2) is 37.6 Å². The summed E-state index contributed by atoms with van der Waals surface area (Å²) in [4.78, 5) is 2.55. The molecule has 1 saturated heterocycles. The van der Waals surface area contributed by atoms with Gasteiger partial charge >= 0.3 is 0 Å². The monoisotopic (exact) mass is 388 g/mol. The Morgan fingerprint density at radius 1 is 1.08 bits per heavy atom. The van der Waals surface area contributed by atoms with Crippen molar-refractivity contribution in [2.45, 2.75) is 19.3 Å². The van der Waals surface area contributed by atoms with E-state index in [1.165, 1.54) is 31.6 Å². The van der Waals surface area contributed by atoms with E-state index in [0.717, 1.165) is 29.1 Å². The Morgan fingerprint density at radius 3 is 2.50 bits per heavy atom. The average Bonchev–Trinajstić information content (AvgIpc) is 2.63. The number of nitrogens with zero attached hydrogens (tertiary/aromatic N) is 1. The summed E-state index contributed by atoms with van der Waals surface area (Å²) in [6, 6.07) is 16.4. The number of para-hydroxylation sites is 1. The first-order chi connectivity index (χ1) is 11.7. The van der Waals surface area contributed by atoms with E-state index < -0.39 is 0 Å². The lowest BCUT2D eigenvalue weighted by molar-refractivity contribution is 0.234. The summed E-state index contributed by atoms with van der Waals surface area (Å²) in [6.45, 7) is 8.08. The fourth-order valence-corrected chi connectivity index (χ4v) is 3.36. The lowest BCUT2D eigenvalue weighted by Crippen LogP contribution is -2.43. The van der Waals surface area contributed by atoms with Gasteiger partial charge in [0.2, 0.25) is 0 Å². The lowest BCUT2D eigenvalue weighted by Gasteiger charge is -2.28. The van der Waals surface area contributed by atoms with Crippen LogP contribution in [0.15, 0.2) is 53.0 Å². The number of halogens is 1. The van der Waals surface area contributed by atoms with Crippen LogP contribution in [0.2, 0.25) is 0 Å². The molecule has 1 N–H and O–H groups in total. The van der Waals surface area contributed by atoms with Gasteiger partial charge in [0.25, 0.3) is 0 Å². The minimum absolute atomic E-state index is 0.567. The molecule has 1 atom stereocenters. The summed E-state index contributed by atoms with van der Waals surface area (Å²) in [5.74, 6) is 2.29. The van der Waals surface area contributed by atoms with Crippen LogP contribution in [0.25, 0.3) is 0 Å². The third-order valence-electron chi connectivity index (χ3n) is 4.60. The Hall–Kier alpha value is -1.36. The number of rotatable bonds is 6. The molecule has 4 heteroatoms. The van der Waals surface area contributed by atoms with E-state index in [1.807, 2.05) is 24.3 Å². The van der Waals surface area contributed by atoms with Crippen molar-refractivity contribution in [3.63, 3.8) is 0 Å². The summed E-state index contributed by atoms with van der Waals surface area (Å²) < 4.78 is 6.91. The molecule has 1 heterocycles. The maximum absolute atomic E-state index is 5.94. The Balaban J connectivity index is 1.54. The van der Waals surface area contributed by atoms with Gasteiger partial charge in [-0.1, -0.05) is 31.2 Å². The van der Waals surface area contributed by atoms with E-state index in [-0.39, 0.29) is 0 Å². The van der Waals surface area contributed by atoms with Crippen molar-refractivity contribution in [2.75, 3.05) is 32.7 Å². The van der Waals surface area contributed by atoms with E-state index in [2.05, 4.69) is 57.3 Å².